The number of carbonyl (C=O) groups excluding carboxylic acids is 1. The fourth-order valence-corrected chi connectivity index (χ4v) is 2.59. The van der Waals surface area contributed by atoms with Gasteiger partial charge in [-0.05, 0) is 24.8 Å². The van der Waals surface area contributed by atoms with Crippen LogP contribution in [0.25, 0.3) is 5.78 Å². The van der Waals surface area contributed by atoms with Crippen molar-refractivity contribution in [2.45, 2.75) is 53.0 Å². The molecule has 1 atom stereocenters. The number of nitrogens with one attached hydrogen (secondary N) is 1. The molecular weight excluding hydrogens is 334 g/mol. The van der Waals surface area contributed by atoms with E-state index in [4.69, 9.17) is 4.52 Å². The number of aromatic nitrogens is 6. The van der Waals surface area contributed by atoms with Crippen molar-refractivity contribution in [1.82, 2.24) is 35.0 Å². The number of rotatable bonds is 6. The lowest BCUT2D eigenvalue weighted by Crippen LogP contribution is -2.28. The van der Waals surface area contributed by atoms with E-state index < -0.39 is 6.04 Å². The van der Waals surface area contributed by atoms with Gasteiger partial charge in [-0.25, -0.2) is 9.50 Å². The van der Waals surface area contributed by atoms with Gasteiger partial charge in [-0.1, -0.05) is 32.9 Å². The zero-order valence-corrected chi connectivity index (χ0v) is 15.6. The van der Waals surface area contributed by atoms with Crippen molar-refractivity contribution in [3.8, 4) is 0 Å². The Morgan fingerprint density at radius 1 is 1.23 bits per heavy atom. The highest BCUT2D eigenvalue weighted by Gasteiger charge is 2.20. The molecule has 1 amide bonds. The summed E-state index contributed by atoms with van der Waals surface area (Å²) in [6, 6.07) is 1.31. The van der Waals surface area contributed by atoms with Gasteiger partial charge in [0.25, 0.3) is 11.7 Å². The molecule has 138 valence electrons. The van der Waals surface area contributed by atoms with Crippen LogP contribution in [0.5, 0.6) is 0 Å². The van der Waals surface area contributed by atoms with Gasteiger partial charge < -0.3 is 9.84 Å². The van der Waals surface area contributed by atoms with Gasteiger partial charge in [0.1, 0.15) is 18.1 Å². The van der Waals surface area contributed by atoms with Crippen LogP contribution in [0, 0.1) is 5.92 Å². The monoisotopic (exact) mass is 357 g/mol. The van der Waals surface area contributed by atoms with E-state index >= 15 is 0 Å². The molecule has 0 radical (unpaired) electrons. The third-order valence-electron chi connectivity index (χ3n) is 3.90. The standard InChI is InChI=1S/C17H23N7O2/c1-9(2)6-14-22-16(26-23-14)11(5)20-15(25)12-7-13(10(3)4)24-17(21-12)18-8-19-24/h7-11H,6H2,1-5H3,(H,20,25)/t11-/m0/s1. The highest BCUT2D eigenvalue weighted by molar-refractivity contribution is 5.93. The molecule has 0 saturated carbocycles. The van der Waals surface area contributed by atoms with Gasteiger partial charge in [0.2, 0.25) is 5.89 Å². The van der Waals surface area contributed by atoms with Crippen LogP contribution in [0.3, 0.4) is 0 Å². The fraction of sp³-hybridized carbons (Fsp3) is 0.529. The lowest BCUT2D eigenvalue weighted by atomic mass is 10.1. The smallest absolute Gasteiger partial charge is 0.270 e. The summed E-state index contributed by atoms with van der Waals surface area (Å²) in [5.41, 5.74) is 1.14. The summed E-state index contributed by atoms with van der Waals surface area (Å²) < 4.78 is 6.90. The van der Waals surface area contributed by atoms with E-state index in [9.17, 15) is 4.79 Å². The minimum atomic E-state index is -0.422. The predicted octanol–water partition coefficient (Wildman–Crippen LogP) is 2.32. The molecule has 0 aliphatic heterocycles. The third kappa shape index (κ3) is 3.71. The van der Waals surface area contributed by atoms with E-state index in [0.717, 1.165) is 12.1 Å². The van der Waals surface area contributed by atoms with Crippen LogP contribution < -0.4 is 5.32 Å². The highest BCUT2D eigenvalue weighted by atomic mass is 16.5. The molecule has 0 aliphatic carbocycles. The van der Waals surface area contributed by atoms with Crippen LogP contribution in [0.1, 0.15) is 74.5 Å². The molecule has 0 saturated heterocycles. The first-order valence-corrected chi connectivity index (χ1v) is 8.69. The normalized spacial score (nSPS) is 12.9. The number of nitrogens with zero attached hydrogens (tertiary/aromatic N) is 6. The Balaban J connectivity index is 1.79. The zero-order valence-electron chi connectivity index (χ0n) is 15.6. The second kappa shape index (κ2) is 7.19. The van der Waals surface area contributed by atoms with Crippen molar-refractivity contribution in [3.05, 3.63) is 35.5 Å². The van der Waals surface area contributed by atoms with Crippen LogP contribution in [0.2, 0.25) is 0 Å². The van der Waals surface area contributed by atoms with Crippen molar-refractivity contribution in [3.63, 3.8) is 0 Å². The molecule has 3 rings (SSSR count). The molecule has 9 heteroatoms. The lowest BCUT2D eigenvalue weighted by molar-refractivity contribution is 0.0927. The van der Waals surface area contributed by atoms with Crippen molar-refractivity contribution in [2.24, 2.45) is 5.92 Å². The number of hydrogen-bond donors (Lipinski definition) is 1. The summed E-state index contributed by atoms with van der Waals surface area (Å²) in [7, 11) is 0. The Kier molecular flexibility index (Phi) is 4.97. The Morgan fingerprint density at radius 3 is 2.69 bits per heavy atom. The van der Waals surface area contributed by atoms with Crippen molar-refractivity contribution in [2.75, 3.05) is 0 Å². The lowest BCUT2D eigenvalue weighted by Gasteiger charge is -2.12. The molecule has 3 aromatic heterocycles. The van der Waals surface area contributed by atoms with Gasteiger partial charge >= 0.3 is 0 Å². The summed E-state index contributed by atoms with van der Waals surface area (Å²) in [6.07, 6.45) is 2.15. The number of carbonyl (C=O) groups is 1. The molecule has 1 N–H and O–H groups in total. The average Bonchev–Trinajstić information content (AvgIpc) is 3.21. The Morgan fingerprint density at radius 2 is 2.00 bits per heavy atom. The van der Waals surface area contributed by atoms with Crippen molar-refractivity contribution >= 4 is 11.7 Å². The summed E-state index contributed by atoms with van der Waals surface area (Å²) in [4.78, 5) is 25.4. The maximum Gasteiger partial charge on any atom is 0.270 e. The summed E-state index contributed by atoms with van der Waals surface area (Å²) in [6.45, 7) is 10.0. The first-order valence-electron chi connectivity index (χ1n) is 8.69. The van der Waals surface area contributed by atoms with Gasteiger partial charge in [-0.3, -0.25) is 4.79 Å². The van der Waals surface area contributed by atoms with Crippen LogP contribution in [-0.4, -0.2) is 35.6 Å². The average molecular weight is 357 g/mol. The van der Waals surface area contributed by atoms with E-state index in [1.807, 2.05) is 13.8 Å². The summed E-state index contributed by atoms with van der Waals surface area (Å²) in [5, 5.41) is 11.0. The first kappa shape index (κ1) is 18.0. The van der Waals surface area contributed by atoms with Gasteiger partial charge in [0, 0.05) is 6.42 Å². The topological polar surface area (TPSA) is 111 Å². The van der Waals surface area contributed by atoms with Gasteiger partial charge in [0.15, 0.2) is 5.82 Å². The summed E-state index contributed by atoms with van der Waals surface area (Å²) in [5.74, 6) is 1.68. The van der Waals surface area contributed by atoms with E-state index in [1.165, 1.54) is 6.33 Å². The van der Waals surface area contributed by atoms with E-state index in [0.29, 0.717) is 23.4 Å². The minimum Gasteiger partial charge on any atom is -0.339 e. The Labute approximate surface area is 151 Å². The maximum atomic E-state index is 12.6. The van der Waals surface area contributed by atoms with Crippen LogP contribution in [0.4, 0.5) is 0 Å². The molecule has 26 heavy (non-hydrogen) atoms. The summed E-state index contributed by atoms with van der Waals surface area (Å²) >= 11 is 0. The fourth-order valence-electron chi connectivity index (χ4n) is 2.59. The second-order valence-corrected chi connectivity index (χ2v) is 7.03. The number of fused-ring (bicyclic) bond motifs is 1. The number of amides is 1. The van der Waals surface area contributed by atoms with Gasteiger partial charge in [-0.2, -0.15) is 15.1 Å². The molecule has 0 bridgehead atoms. The van der Waals surface area contributed by atoms with Gasteiger partial charge in [-0.15, -0.1) is 0 Å². The Bertz CT molecular complexity index is 913. The zero-order chi connectivity index (χ0) is 18.8. The quantitative estimate of drug-likeness (QED) is 0.720. The van der Waals surface area contributed by atoms with Crippen LogP contribution in [0.15, 0.2) is 16.9 Å². The predicted molar refractivity (Wildman–Crippen MR) is 93.6 cm³/mol. The maximum absolute atomic E-state index is 12.6. The molecule has 0 unspecified atom stereocenters. The van der Waals surface area contributed by atoms with Crippen LogP contribution >= 0.6 is 0 Å². The highest BCUT2D eigenvalue weighted by Crippen LogP contribution is 2.17. The van der Waals surface area contributed by atoms with E-state index in [1.54, 1.807) is 17.5 Å². The van der Waals surface area contributed by atoms with E-state index in [-0.39, 0.29) is 17.5 Å². The molecule has 3 aromatic rings. The number of hydrogen-bond acceptors (Lipinski definition) is 7. The van der Waals surface area contributed by atoms with Gasteiger partial charge in [0.05, 0.1) is 5.69 Å². The first-order chi connectivity index (χ1) is 12.3. The molecule has 3 heterocycles. The molecule has 0 aliphatic rings. The Hall–Kier alpha value is -2.84. The van der Waals surface area contributed by atoms with Crippen molar-refractivity contribution < 1.29 is 9.32 Å². The van der Waals surface area contributed by atoms with Crippen molar-refractivity contribution in [1.29, 1.82) is 0 Å². The minimum absolute atomic E-state index is 0.167. The SMILES string of the molecule is CC(C)Cc1noc([C@H](C)NC(=O)c2cc(C(C)C)n3ncnc3n2)n1. The molecule has 0 aromatic carbocycles. The molecular formula is C17H23N7O2. The van der Waals surface area contributed by atoms with E-state index in [2.05, 4.69) is 44.4 Å². The molecule has 0 fully saturated rings. The largest absolute Gasteiger partial charge is 0.339 e. The second-order valence-electron chi connectivity index (χ2n) is 7.03. The molecule has 9 nitrogen and oxygen atoms in total. The third-order valence-corrected chi connectivity index (χ3v) is 3.90. The molecule has 0 spiro atoms. The van der Waals surface area contributed by atoms with Crippen LogP contribution in [-0.2, 0) is 6.42 Å².